The standard InChI is InChI=1S/C10H11NO5/c12-6-3-5(7-4-15-10(6)16-7)11-8(13)1-2-9(11)14/h5,7,10H,1-4H2/t5-,7?,10+/m1/s1. The Labute approximate surface area is 91.5 Å². The molecule has 3 atom stereocenters. The van der Waals surface area contributed by atoms with Crippen LogP contribution in [0, 0.1) is 0 Å². The molecule has 3 aliphatic rings. The maximum atomic E-state index is 11.6. The number of rotatable bonds is 1. The highest BCUT2D eigenvalue weighted by molar-refractivity contribution is 6.03. The molecule has 6 heteroatoms. The van der Waals surface area contributed by atoms with Crippen molar-refractivity contribution in [2.45, 2.75) is 37.7 Å². The summed E-state index contributed by atoms with van der Waals surface area (Å²) < 4.78 is 10.4. The smallest absolute Gasteiger partial charge is 0.230 e. The number of Topliss-reactive ketones (excluding diaryl/α,β-unsaturated/α-hetero) is 1. The normalized spacial score (nSPS) is 38.6. The topological polar surface area (TPSA) is 72.9 Å². The molecule has 0 N–H and O–H groups in total. The van der Waals surface area contributed by atoms with Gasteiger partial charge in [0.1, 0.15) is 6.10 Å². The van der Waals surface area contributed by atoms with Crippen LogP contribution in [0.5, 0.6) is 0 Å². The van der Waals surface area contributed by atoms with Crippen molar-refractivity contribution in [2.75, 3.05) is 6.61 Å². The fourth-order valence-electron chi connectivity index (χ4n) is 2.45. The summed E-state index contributed by atoms with van der Waals surface area (Å²) in [5.41, 5.74) is 0. The zero-order valence-electron chi connectivity index (χ0n) is 8.55. The molecule has 0 radical (unpaired) electrons. The first kappa shape index (κ1) is 9.92. The van der Waals surface area contributed by atoms with Crippen LogP contribution in [-0.2, 0) is 23.9 Å². The highest BCUT2D eigenvalue weighted by Gasteiger charge is 2.49. The molecule has 0 saturated carbocycles. The molecular formula is C10H11NO5. The number of imide groups is 1. The third-order valence-electron chi connectivity index (χ3n) is 3.23. The van der Waals surface area contributed by atoms with Crippen molar-refractivity contribution < 1.29 is 23.9 Å². The van der Waals surface area contributed by atoms with Gasteiger partial charge in [0.15, 0.2) is 5.78 Å². The van der Waals surface area contributed by atoms with Crippen LogP contribution in [0.25, 0.3) is 0 Å². The summed E-state index contributed by atoms with van der Waals surface area (Å²) in [6.07, 6.45) is -0.490. The molecule has 0 aromatic heterocycles. The molecule has 0 aromatic carbocycles. The molecule has 0 spiro atoms. The minimum absolute atomic E-state index is 0.160. The number of fused-ring (bicyclic) bond motifs is 2. The summed E-state index contributed by atoms with van der Waals surface area (Å²) in [6.45, 7) is 0.276. The molecule has 3 heterocycles. The summed E-state index contributed by atoms with van der Waals surface area (Å²) in [5.74, 6) is -0.611. The van der Waals surface area contributed by atoms with Gasteiger partial charge in [0.05, 0.1) is 12.6 Å². The lowest BCUT2D eigenvalue weighted by molar-refractivity contribution is -0.163. The predicted octanol–water partition coefficient (Wildman–Crippen LogP) is -0.782. The molecule has 86 valence electrons. The molecule has 16 heavy (non-hydrogen) atoms. The summed E-state index contributed by atoms with van der Waals surface area (Å²) in [6, 6.07) is -0.464. The molecule has 0 aromatic rings. The molecule has 0 aliphatic carbocycles. The van der Waals surface area contributed by atoms with Crippen LogP contribution in [0.15, 0.2) is 0 Å². The second-order valence-corrected chi connectivity index (χ2v) is 4.24. The van der Waals surface area contributed by atoms with Crippen LogP contribution in [0.1, 0.15) is 19.3 Å². The van der Waals surface area contributed by atoms with E-state index in [1.807, 2.05) is 0 Å². The van der Waals surface area contributed by atoms with E-state index in [1.54, 1.807) is 0 Å². The maximum absolute atomic E-state index is 11.6. The molecule has 2 amide bonds. The largest absolute Gasteiger partial charge is 0.343 e. The van der Waals surface area contributed by atoms with E-state index in [0.717, 1.165) is 0 Å². The fourth-order valence-corrected chi connectivity index (χ4v) is 2.45. The lowest BCUT2D eigenvalue weighted by Crippen LogP contribution is -2.51. The van der Waals surface area contributed by atoms with Crippen molar-refractivity contribution >= 4 is 17.6 Å². The fraction of sp³-hybridized carbons (Fsp3) is 0.700. The molecule has 3 rings (SSSR count). The first-order valence-corrected chi connectivity index (χ1v) is 5.31. The Morgan fingerprint density at radius 2 is 1.81 bits per heavy atom. The minimum atomic E-state index is -0.783. The van der Waals surface area contributed by atoms with Crippen LogP contribution in [0.3, 0.4) is 0 Å². The maximum Gasteiger partial charge on any atom is 0.230 e. The van der Waals surface area contributed by atoms with Crippen molar-refractivity contribution in [3.63, 3.8) is 0 Å². The van der Waals surface area contributed by atoms with Crippen molar-refractivity contribution in [2.24, 2.45) is 0 Å². The van der Waals surface area contributed by atoms with Gasteiger partial charge in [-0.15, -0.1) is 0 Å². The number of ether oxygens (including phenoxy) is 2. The Bertz CT molecular complexity index is 363. The quantitative estimate of drug-likeness (QED) is 0.547. The lowest BCUT2D eigenvalue weighted by Gasteiger charge is -2.32. The summed E-state index contributed by atoms with van der Waals surface area (Å²) in [5, 5.41) is 0. The van der Waals surface area contributed by atoms with E-state index in [2.05, 4.69) is 0 Å². The molecular weight excluding hydrogens is 214 g/mol. The van der Waals surface area contributed by atoms with E-state index in [0.29, 0.717) is 0 Å². The zero-order valence-corrected chi connectivity index (χ0v) is 8.55. The number of likely N-dealkylation sites (tertiary alicyclic amines) is 1. The van der Waals surface area contributed by atoms with Crippen molar-refractivity contribution in [1.29, 1.82) is 0 Å². The number of ketones is 1. The zero-order chi connectivity index (χ0) is 11.3. The van der Waals surface area contributed by atoms with Crippen molar-refractivity contribution in [3.8, 4) is 0 Å². The Balaban J connectivity index is 1.86. The summed E-state index contributed by atoms with van der Waals surface area (Å²) in [4.78, 5) is 35.8. The number of carbonyl (C=O) groups is 3. The average molecular weight is 225 g/mol. The SMILES string of the molecule is O=C1C[C@@H](N2C(=O)CCC2=O)C2CO[C@H]1O2. The van der Waals surface area contributed by atoms with Crippen LogP contribution in [-0.4, -0.2) is 47.5 Å². The van der Waals surface area contributed by atoms with E-state index in [1.165, 1.54) is 4.90 Å². The first-order valence-electron chi connectivity index (χ1n) is 5.31. The first-order chi connectivity index (χ1) is 7.66. The van der Waals surface area contributed by atoms with Crippen molar-refractivity contribution in [1.82, 2.24) is 4.90 Å². The van der Waals surface area contributed by atoms with Gasteiger partial charge in [-0.25, -0.2) is 0 Å². The number of hydrogen-bond acceptors (Lipinski definition) is 5. The highest BCUT2D eigenvalue weighted by Crippen LogP contribution is 2.30. The van der Waals surface area contributed by atoms with Crippen LogP contribution < -0.4 is 0 Å². The second-order valence-electron chi connectivity index (χ2n) is 4.24. The third kappa shape index (κ3) is 1.30. The highest BCUT2D eigenvalue weighted by atomic mass is 16.7. The number of nitrogens with zero attached hydrogens (tertiary/aromatic N) is 1. The van der Waals surface area contributed by atoms with Gasteiger partial charge in [0.25, 0.3) is 0 Å². The van der Waals surface area contributed by atoms with Gasteiger partial charge in [-0.05, 0) is 0 Å². The van der Waals surface area contributed by atoms with Gasteiger partial charge < -0.3 is 9.47 Å². The Kier molecular flexibility index (Phi) is 2.08. The molecule has 2 bridgehead atoms. The van der Waals surface area contributed by atoms with Gasteiger partial charge in [0, 0.05) is 19.3 Å². The minimum Gasteiger partial charge on any atom is -0.343 e. The van der Waals surface area contributed by atoms with Gasteiger partial charge in [-0.3, -0.25) is 19.3 Å². The number of amides is 2. The number of carbonyl (C=O) groups excluding carboxylic acids is 3. The molecule has 3 saturated heterocycles. The lowest BCUT2D eigenvalue weighted by atomic mass is 10.0. The predicted molar refractivity (Wildman–Crippen MR) is 49.1 cm³/mol. The van der Waals surface area contributed by atoms with Crippen LogP contribution in [0.2, 0.25) is 0 Å². The van der Waals surface area contributed by atoms with E-state index < -0.39 is 12.3 Å². The Morgan fingerprint density at radius 1 is 1.12 bits per heavy atom. The second kappa shape index (κ2) is 3.36. The summed E-state index contributed by atoms with van der Waals surface area (Å²) in [7, 11) is 0. The van der Waals surface area contributed by atoms with Gasteiger partial charge in [-0.2, -0.15) is 0 Å². The molecule has 3 aliphatic heterocycles. The Morgan fingerprint density at radius 3 is 2.50 bits per heavy atom. The summed E-state index contributed by atoms with van der Waals surface area (Å²) >= 11 is 0. The molecule has 1 unspecified atom stereocenters. The number of hydrogen-bond donors (Lipinski definition) is 0. The monoisotopic (exact) mass is 225 g/mol. The van der Waals surface area contributed by atoms with E-state index in [9.17, 15) is 14.4 Å². The molecule has 6 nitrogen and oxygen atoms in total. The van der Waals surface area contributed by atoms with Crippen LogP contribution >= 0.6 is 0 Å². The third-order valence-corrected chi connectivity index (χ3v) is 3.23. The Hall–Kier alpha value is -1.27. The van der Waals surface area contributed by atoms with Crippen LogP contribution in [0.4, 0.5) is 0 Å². The van der Waals surface area contributed by atoms with E-state index in [-0.39, 0.29) is 49.6 Å². The van der Waals surface area contributed by atoms with E-state index >= 15 is 0 Å². The van der Waals surface area contributed by atoms with Gasteiger partial charge in [0.2, 0.25) is 18.1 Å². The van der Waals surface area contributed by atoms with Gasteiger partial charge in [-0.1, -0.05) is 0 Å². The molecule has 3 fully saturated rings. The van der Waals surface area contributed by atoms with E-state index in [4.69, 9.17) is 9.47 Å². The average Bonchev–Trinajstić information content (AvgIpc) is 2.81. The van der Waals surface area contributed by atoms with Crippen molar-refractivity contribution in [3.05, 3.63) is 0 Å². The van der Waals surface area contributed by atoms with Gasteiger partial charge >= 0.3 is 0 Å².